The standard InChI is InChI=1S/C26H47Cl2N3O6S/c1-19(32)29-6-8-35-10-12-37-13-11-36-9-7-30-38(33,34)22-5-3-4-20(14-22)24-17-31(2)18-25-23(24)15-21(27)16-26(25)28/h20-26,30H,3-18H2,1-2H3,(H,29,32). The van der Waals surface area contributed by atoms with Gasteiger partial charge in [-0.1, -0.05) is 12.8 Å². The van der Waals surface area contributed by atoms with Crippen LogP contribution in [0, 0.1) is 23.7 Å². The predicted octanol–water partition coefficient (Wildman–Crippen LogP) is 2.45. The van der Waals surface area contributed by atoms with Gasteiger partial charge >= 0.3 is 0 Å². The van der Waals surface area contributed by atoms with Crippen LogP contribution in [0.5, 0.6) is 0 Å². The minimum atomic E-state index is -3.41. The molecule has 9 nitrogen and oxygen atoms in total. The molecule has 0 aromatic heterocycles. The SMILES string of the molecule is CC(=O)NCCOCCOCCOCCNS(=O)(=O)C1CCCC(C2CN(C)CC3C(Cl)CC(Cl)CC32)C1. The van der Waals surface area contributed by atoms with Crippen LogP contribution in [-0.2, 0) is 29.0 Å². The first kappa shape index (κ1) is 32.3. The molecule has 0 radical (unpaired) electrons. The second-order valence-electron chi connectivity index (χ2n) is 11.1. The summed E-state index contributed by atoms with van der Waals surface area (Å²) in [6, 6.07) is 0. The molecule has 2 aliphatic carbocycles. The lowest BCUT2D eigenvalue weighted by Gasteiger charge is -2.51. The van der Waals surface area contributed by atoms with Gasteiger partial charge in [0.15, 0.2) is 0 Å². The van der Waals surface area contributed by atoms with Gasteiger partial charge in [0.1, 0.15) is 0 Å². The van der Waals surface area contributed by atoms with Crippen molar-refractivity contribution in [1.82, 2.24) is 14.9 Å². The molecular formula is C26H47Cl2N3O6S. The van der Waals surface area contributed by atoms with Gasteiger partial charge in [-0.25, -0.2) is 13.1 Å². The first-order valence-corrected chi connectivity index (χ1v) is 16.5. The lowest BCUT2D eigenvalue weighted by atomic mass is 9.63. The number of likely N-dealkylation sites (tertiary alicyclic amines) is 1. The number of fused-ring (bicyclic) bond motifs is 1. The van der Waals surface area contributed by atoms with E-state index in [2.05, 4.69) is 22.0 Å². The fourth-order valence-corrected chi connectivity index (χ4v) is 9.04. The molecule has 7 unspecified atom stereocenters. The summed E-state index contributed by atoms with van der Waals surface area (Å²) in [5, 5.41) is 2.52. The molecule has 1 aliphatic heterocycles. The fraction of sp³-hybridized carbons (Fsp3) is 0.962. The van der Waals surface area contributed by atoms with Crippen molar-refractivity contribution in [3.63, 3.8) is 0 Å². The number of piperidine rings is 1. The molecule has 1 saturated heterocycles. The Bertz CT molecular complexity index is 823. The van der Waals surface area contributed by atoms with Gasteiger partial charge in [-0.15, -0.1) is 23.2 Å². The molecule has 2 N–H and O–H groups in total. The minimum Gasteiger partial charge on any atom is -0.378 e. The van der Waals surface area contributed by atoms with Gasteiger partial charge in [0, 0.05) is 43.9 Å². The lowest BCUT2D eigenvalue weighted by Crippen LogP contribution is -2.54. The van der Waals surface area contributed by atoms with E-state index in [-0.39, 0.29) is 28.5 Å². The van der Waals surface area contributed by atoms with E-state index in [1.807, 2.05) is 0 Å². The molecule has 7 atom stereocenters. The average molecular weight is 601 g/mol. The number of carbonyl (C=O) groups excluding carboxylic acids is 1. The molecule has 0 bridgehead atoms. The van der Waals surface area contributed by atoms with E-state index in [1.54, 1.807) is 0 Å². The number of hydrogen-bond donors (Lipinski definition) is 2. The van der Waals surface area contributed by atoms with Crippen LogP contribution in [-0.4, -0.2) is 108 Å². The molecule has 3 aliphatic rings. The molecule has 38 heavy (non-hydrogen) atoms. The summed E-state index contributed by atoms with van der Waals surface area (Å²) in [7, 11) is -1.25. The molecule has 0 aromatic rings. The number of rotatable bonds is 15. The summed E-state index contributed by atoms with van der Waals surface area (Å²) in [4.78, 5) is 13.1. The summed E-state index contributed by atoms with van der Waals surface area (Å²) >= 11 is 13.3. The van der Waals surface area contributed by atoms with Crippen molar-refractivity contribution in [2.75, 3.05) is 72.9 Å². The zero-order valence-electron chi connectivity index (χ0n) is 22.9. The van der Waals surface area contributed by atoms with Crippen LogP contribution in [0.1, 0.15) is 45.4 Å². The minimum absolute atomic E-state index is 0.0761. The summed E-state index contributed by atoms with van der Waals surface area (Å²) in [6.45, 7) is 6.65. The highest BCUT2D eigenvalue weighted by atomic mass is 35.5. The van der Waals surface area contributed by atoms with Crippen LogP contribution in [0.2, 0.25) is 0 Å². The van der Waals surface area contributed by atoms with Gasteiger partial charge < -0.3 is 24.4 Å². The van der Waals surface area contributed by atoms with Crippen LogP contribution < -0.4 is 10.0 Å². The van der Waals surface area contributed by atoms with Gasteiger partial charge in [0.2, 0.25) is 15.9 Å². The van der Waals surface area contributed by atoms with Crippen LogP contribution >= 0.6 is 23.2 Å². The van der Waals surface area contributed by atoms with Gasteiger partial charge in [-0.2, -0.15) is 0 Å². The molecular weight excluding hydrogens is 553 g/mol. The smallest absolute Gasteiger partial charge is 0.216 e. The number of ether oxygens (including phenoxy) is 3. The molecule has 2 saturated carbocycles. The first-order valence-electron chi connectivity index (χ1n) is 14.1. The highest BCUT2D eigenvalue weighted by molar-refractivity contribution is 7.90. The number of amides is 1. The van der Waals surface area contributed by atoms with Gasteiger partial charge in [-0.05, 0) is 56.4 Å². The highest BCUT2D eigenvalue weighted by Crippen LogP contribution is 2.48. The summed E-state index contributed by atoms with van der Waals surface area (Å²) in [5.41, 5.74) is 0. The zero-order valence-corrected chi connectivity index (χ0v) is 25.2. The lowest BCUT2D eigenvalue weighted by molar-refractivity contribution is -0.119. The Hall–Kier alpha value is -0.200. The fourth-order valence-electron chi connectivity index (χ4n) is 6.49. The zero-order chi connectivity index (χ0) is 27.5. The van der Waals surface area contributed by atoms with Crippen molar-refractivity contribution < 1.29 is 27.4 Å². The third-order valence-corrected chi connectivity index (χ3v) is 11.0. The first-order chi connectivity index (χ1) is 18.2. The Morgan fingerprint density at radius 2 is 1.50 bits per heavy atom. The van der Waals surface area contributed by atoms with E-state index >= 15 is 0 Å². The Kier molecular flexibility index (Phi) is 13.9. The number of alkyl halides is 2. The van der Waals surface area contributed by atoms with E-state index in [9.17, 15) is 13.2 Å². The second-order valence-corrected chi connectivity index (χ2v) is 14.3. The molecule has 12 heteroatoms. The maximum atomic E-state index is 13.1. The van der Waals surface area contributed by atoms with Crippen molar-refractivity contribution in [2.24, 2.45) is 23.7 Å². The molecule has 1 heterocycles. The molecule has 3 fully saturated rings. The Morgan fingerprint density at radius 3 is 2.18 bits per heavy atom. The van der Waals surface area contributed by atoms with Crippen molar-refractivity contribution in [3.8, 4) is 0 Å². The summed E-state index contributed by atoms with van der Waals surface area (Å²) in [6.07, 6.45) is 5.29. The Labute approximate surface area is 239 Å². The molecule has 0 spiro atoms. The molecule has 222 valence electrons. The van der Waals surface area contributed by atoms with Crippen LogP contribution in [0.4, 0.5) is 0 Å². The number of nitrogens with one attached hydrogen (secondary N) is 2. The highest BCUT2D eigenvalue weighted by Gasteiger charge is 2.47. The molecule has 3 rings (SSSR count). The predicted molar refractivity (Wildman–Crippen MR) is 150 cm³/mol. The number of carbonyl (C=O) groups is 1. The van der Waals surface area contributed by atoms with E-state index in [0.717, 1.165) is 38.8 Å². The van der Waals surface area contributed by atoms with Crippen molar-refractivity contribution in [1.29, 1.82) is 0 Å². The Balaban J connectivity index is 1.32. The van der Waals surface area contributed by atoms with Crippen LogP contribution in [0.15, 0.2) is 0 Å². The second kappa shape index (κ2) is 16.3. The van der Waals surface area contributed by atoms with Crippen molar-refractivity contribution in [3.05, 3.63) is 0 Å². The Morgan fingerprint density at radius 1 is 0.868 bits per heavy atom. The van der Waals surface area contributed by atoms with Crippen LogP contribution in [0.25, 0.3) is 0 Å². The third kappa shape index (κ3) is 10.3. The molecule has 0 aromatic carbocycles. The van der Waals surface area contributed by atoms with E-state index < -0.39 is 10.0 Å². The van der Waals surface area contributed by atoms with E-state index in [0.29, 0.717) is 82.7 Å². The number of halogens is 2. The average Bonchev–Trinajstić information content (AvgIpc) is 2.87. The third-order valence-electron chi connectivity index (χ3n) is 8.24. The van der Waals surface area contributed by atoms with Crippen molar-refractivity contribution >= 4 is 39.1 Å². The largest absolute Gasteiger partial charge is 0.378 e. The van der Waals surface area contributed by atoms with E-state index in [4.69, 9.17) is 37.4 Å². The number of sulfonamides is 1. The van der Waals surface area contributed by atoms with Crippen LogP contribution in [0.3, 0.4) is 0 Å². The maximum absolute atomic E-state index is 13.1. The number of nitrogens with zero attached hydrogens (tertiary/aromatic N) is 1. The summed E-state index contributed by atoms with van der Waals surface area (Å²) in [5.74, 6) is 1.68. The topological polar surface area (TPSA) is 106 Å². The van der Waals surface area contributed by atoms with Gasteiger partial charge in [0.05, 0.1) is 44.9 Å². The maximum Gasteiger partial charge on any atom is 0.216 e. The quantitative estimate of drug-likeness (QED) is 0.220. The normalized spacial score (nSPS) is 32.6. The summed E-state index contributed by atoms with van der Waals surface area (Å²) < 4.78 is 45.3. The van der Waals surface area contributed by atoms with Gasteiger partial charge in [0.25, 0.3) is 0 Å². The van der Waals surface area contributed by atoms with E-state index in [1.165, 1.54) is 6.92 Å². The number of hydrogen-bond acceptors (Lipinski definition) is 7. The van der Waals surface area contributed by atoms with Gasteiger partial charge in [-0.3, -0.25) is 4.79 Å². The monoisotopic (exact) mass is 599 g/mol. The van der Waals surface area contributed by atoms with Crippen molar-refractivity contribution in [2.45, 2.75) is 61.5 Å². The molecule has 1 amide bonds.